The summed E-state index contributed by atoms with van der Waals surface area (Å²) in [5, 5.41) is 7.50. The molecule has 4 heteroatoms. The summed E-state index contributed by atoms with van der Waals surface area (Å²) in [6.07, 6.45) is 5.97. The van der Waals surface area contributed by atoms with E-state index in [1.54, 1.807) is 0 Å². The van der Waals surface area contributed by atoms with Crippen molar-refractivity contribution >= 4 is 11.6 Å². The molecule has 100 valence electrons. The van der Waals surface area contributed by atoms with Crippen molar-refractivity contribution in [1.29, 1.82) is 5.41 Å². The summed E-state index contributed by atoms with van der Waals surface area (Å²) in [4.78, 5) is 15.5. The van der Waals surface area contributed by atoms with Gasteiger partial charge < -0.3 is 4.90 Å². The smallest absolute Gasteiger partial charge is 0.149 e. The molecular formula is C14H23N3O. The average Bonchev–Trinajstić information content (AvgIpc) is 2.41. The fourth-order valence-corrected chi connectivity index (χ4v) is 3.57. The lowest BCUT2D eigenvalue weighted by atomic mass is 9.87. The van der Waals surface area contributed by atoms with Crippen LogP contribution in [-0.2, 0) is 4.79 Å². The minimum atomic E-state index is 0.440. The average molecular weight is 249 g/mol. The summed E-state index contributed by atoms with van der Waals surface area (Å²) < 4.78 is 0. The molecular weight excluding hydrogens is 226 g/mol. The maximum Gasteiger partial charge on any atom is 0.149 e. The number of piperidine rings is 6. The van der Waals surface area contributed by atoms with Gasteiger partial charge in [0.05, 0.1) is 12.4 Å². The second-order valence-electron chi connectivity index (χ2n) is 6.10. The zero-order valence-electron chi connectivity index (χ0n) is 11.0. The van der Waals surface area contributed by atoms with Crippen LogP contribution in [-0.4, -0.2) is 54.1 Å². The lowest BCUT2D eigenvalue weighted by Crippen LogP contribution is -2.47. The van der Waals surface area contributed by atoms with E-state index in [0.29, 0.717) is 11.7 Å². The zero-order chi connectivity index (χ0) is 12.5. The van der Waals surface area contributed by atoms with Gasteiger partial charge in [-0.1, -0.05) is 0 Å². The van der Waals surface area contributed by atoms with Crippen LogP contribution in [0.15, 0.2) is 0 Å². The van der Waals surface area contributed by atoms with E-state index in [1.807, 2.05) is 0 Å². The number of nitrogens with one attached hydrogen (secondary N) is 1. The quantitative estimate of drug-likeness (QED) is 0.705. The molecule has 18 heavy (non-hydrogen) atoms. The molecule has 1 N–H and O–H groups in total. The van der Waals surface area contributed by atoms with Gasteiger partial charge in [0, 0.05) is 25.4 Å². The second kappa shape index (κ2) is 5.00. The summed E-state index contributed by atoms with van der Waals surface area (Å²) in [6.45, 7) is 5.38. The fourth-order valence-electron chi connectivity index (χ4n) is 3.57. The topological polar surface area (TPSA) is 47.4 Å². The first-order valence-electron chi connectivity index (χ1n) is 7.30. The van der Waals surface area contributed by atoms with Gasteiger partial charge in [0.2, 0.25) is 0 Å². The van der Waals surface area contributed by atoms with Crippen molar-refractivity contribution in [2.45, 2.75) is 32.1 Å². The van der Waals surface area contributed by atoms with Gasteiger partial charge in [0.25, 0.3) is 0 Å². The summed E-state index contributed by atoms with van der Waals surface area (Å²) in [5.41, 5.74) is 0. The van der Waals surface area contributed by atoms with Gasteiger partial charge in [0.15, 0.2) is 0 Å². The van der Waals surface area contributed by atoms with Gasteiger partial charge in [-0.05, 0) is 44.7 Å². The normalized spacial score (nSPS) is 34.6. The van der Waals surface area contributed by atoms with Crippen LogP contribution in [0.3, 0.4) is 0 Å². The Morgan fingerprint density at radius 2 is 1.67 bits per heavy atom. The molecule has 0 aromatic carbocycles. The van der Waals surface area contributed by atoms with Crippen LogP contribution in [0.2, 0.25) is 0 Å². The van der Waals surface area contributed by atoms with Gasteiger partial charge in [-0.2, -0.15) is 0 Å². The zero-order valence-corrected chi connectivity index (χ0v) is 11.0. The third-order valence-corrected chi connectivity index (χ3v) is 4.90. The molecule has 6 rings (SSSR count). The molecule has 0 radical (unpaired) electrons. The van der Waals surface area contributed by atoms with E-state index in [-0.39, 0.29) is 0 Å². The van der Waals surface area contributed by atoms with Gasteiger partial charge in [0.1, 0.15) is 5.78 Å². The lowest BCUT2D eigenvalue weighted by Gasteiger charge is -2.40. The molecule has 0 atom stereocenters. The SMILES string of the molecule is N=C1CC2CCN1CC2.O=C1CN2CCC1CC2. The Bertz CT molecular complexity index is 305. The molecule has 0 unspecified atom stereocenters. The molecule has 6 saturated heterocycles. The van der Waals surface area contributed by atoms with Crippen molar-refractivity contribution in [1.82, 2.24) is 9.80 Å². The predicted octanol–water partition coefficient (Wildman–Crippen LogP) is 1.36. The maximum absolute atomic E-state index is 11.0. The van der Waals surface area contributed by atoms with Crippen LogP contribution in [0.25, 0.3) is 0 Å². The summed E-state index contributed by atoms with van der Waals surface area (Å²) in [6, 6.07) is 0. The van der Waals surface area contributed by atoms with E-state index in [9.17, 15) is 4.79 Å². The Morgan fingerprint density at radius 3 is 1.89 bits per heavy atom. The van der Waals surface area contributed by atoms with Crippen LogP contribution < -0.4 is 0 Å². The third kappa shape index (κ3) is 2.44. The van der Waals surface area contributed by atoms with Crippen molar-refractivity contribution in [3.8, 4) is 0 Å². The highest BCUT2D eigenvalue weighted by Gasteiger charge is 2.31. The number of nitrogens with zero attached hydrogens (tertiary/aromatic N) is 2. The molecule has 6 aliphatic heterocycles. The molecule has 0 aliphatic carbocycles. The second-order valence-corrected chi connectivity index (χ2v) is 6.10. The van der Waals surface area contributed by atoms with Crippen LogP contribution in [0.4, 0.5) is 0 Å². The molecule has 0 amide bonds. The Labute approximate surface area is 109 Å². The molecule has 4 bridgehead atoms. The van der Waals surface area contributed by atoms with Gasteiger partial charge in [-0.3, -0.25) is 15.1 Å². The molecule has 6 fully saturated rings. The van der Waals surface area contributed by atoms with E-state index in [0.717, 1.165) is 63.7 Å². The molecule has 0 saturated carbocycles. The minimum absolute atomic E-state index is 0.440. The highest BCUT2D eigenvalue weighted by Crippen LogP contribution is 2.27. The van der Waals surface area contributed by atoms with E-state index in [1.165, 1.54) is 12.8 Å². The number of hydrogen-bond acceptors (Lipinski definition) is 3. The first-order valence-corrected chi connectivity index (χ1v) is 7.30. The Hall–Kier alpha value is -0.900. The molecule has 6 heterocycles. The summed E-state index contributed by atoms with van der Waals surface area (Å²) in [5.74, 6) is 2.67. The standard InChI is InChI=1S/C7H12N2.C7H11NO/c8-7-5-6-1-3-9(7)4-2-6;9-7-5-8-3-1-6(7)2-4-8/h6,8H,1-5H2;6H,1-5H2. The molecule has 0 aromatic heterocycles. The van der Waals surface area contributed by atoms with Crippen LogP contribution >= 0.6 is 0 Å². The van der Waals surface area contributed by atoms with Crippen molar-refractivity contribution < 1.29 is 4.79 Å². The van der Waals surface area contributed by atoms with Crippen molar-refractivity contribution in [3.05, 3.63) is 0 Å². The van der Waals surface area contributed by atoms with Crippen LogP contribution in [0.5, 0.6) is 0 Å². The Balaban J connectivity index is 0.000000111. The highest BCUT2D eigenvalue weighted by atomic mass is 16.1. The third-order valence-electron chi connectivity index (χ3n) is 4.90. The van der Waals surface area contributed by atoms with Gasteiger partial charge in [-0.15, -0.1) is 0 Å². The lowest BCUT2D eigenvalue weighted by molar-refractivity contribution is -0.130. The maximum atomic E-state index is 11.0. The van der Waals surface area contributed by atoms with Gasteiger partial charge >= 0.3 is 0 Å². The first kappa shape index (κ1) is 12.2. The van der Waals surface area contributed by atoms with E-state index in [4.69, 9.17) is 5.41 Å². The number of rotatable bonds is 0. The number of carbonyl (C=O) groups is 1. The molecule has 4 nitrogen and oxygen atoms in total. The predicted molar refractivity (Wildman–Crippen MR) is 70.8 cm³/mol. The van der Waals surface area contributed by atoms with Crippen LogP contribution in [0.1, 0.15) is 32.1 Å². The molecule has 0 spiro atoms. The van der Waals surface area contributed by atoms with Crippen molar-refractivity contribution in [2.24, 2.45) is 11.8 Å². The van der Waals surface area contributed by atoms with Gasteiger partial charge in [-0.25, -0.2) is 0 Å². The Kier molecular flexibility index (Phi) is 3.37. The number of carbonyl (C=O) groups excluding carboxylic acids is 1. The minimum Gasteiger partial charge on any atom is -0.361 e. The fraction of sp³-hybridized carbons (Fsp3) is 0.857. The first-order chi connectivity index (χ1) is 8.72. The molecule has 6 aliphatic rings. The van der Waals surface area contributed by atoms with Crippen molar-refractivity contribution in [3.63, 3.8) is 0 Å². The number of hydrogen-bond donors (Lipinski definition) is 1. The summed E-state index contributed by atoms with van der Waals surface area (Å²) in [7, 11) is 0. The van der Waals surface area contributed by atoms with E-state index in [2.05, 4.69) is 9.80 Å². The monoisotopic (exact) mass is 249 g/mol. The van der Waals surface area contributed by atoms with Crippen molar-refractivity contribution in [2.75, 3.05) is 32.7 Å². The number of Topliss-reactive ketones (excluding diaryl/α,β-unsaturated/α-hetero) is 1. The number of fused-ring (bicyclic) bond motifs is 6. The van der Waals surface area contributed by atoms with E-state index >= 15 is 0 Å². The number of amidine groups is 1. The summed E-state index contributed by atoms with van der Waals surface area (Å²) >= 11 is 0. The van der Waals surface area contributed by atoms with Crippen LogP contribution in [0, 0.1) is 17.2 Å². The number of ketones is 1. The highest BCUT2D eigenvalue weighted by molar-refractivity contribution is 5.84. The Morgan fingerprint density at radius 1 is 1.00 bits per heavy atom. The van der Waals surface area contributed by atoms with E-state index < -0.39 is 0 Å². The largest absolute Gasteiger partial charge is 0.361 e. The molecule has 0 aromatic rings.